The summed E-state index contributed by atoms with van der Waals surface area (Å²) in [6.07, 6.45) is 5.26. The van der Waals surface area contributed by atoms with Gasteiger partial charge < -0.3 is 16.0 Å². The highest BCUT2D eigenvalue weighted by Crippen LogP contribution is 2.19. The van der Waals surface area contributed by atoms with Gasteiger partial charge in [-0.3, -0.25) is 14.8 Å². The fraction of sp³-hybridized carbons (Fsp3) is 0.562. The molecule has 22 heavy (non-hydrogen) atoms. The number of nitrogens with one attached hydrogen (secondary N) is 1. The van der Waals surface area contributed by atoms with Crippen LogP contribution in [0.1, 0.15) is 25.0 Å². The minimum atomic E-state index is -0.218. The molecule has 1 aliphatic heterocycles. The zero-order chi connectivity index (χ0) is 15.8. The number of aromatic nitrogens is 1. The van der Waals surface area contributed by atoms with Crippen LogP contribution in [0.25, 0.3) is 0 Å². The highest BCUT2D eigenvalue weighted by Gasteiger charge is 2.23. The van der Waals surface area contributed by atoms with Crippen molar-refractivity contribution in [1.29, 1.82) is 0 Å². The Morgan fingerprint density at radius 3 is 3.09 bits per heavy atom. The van der Waals surface area contributed by atoms with Gasteiger partial charge >= 0.3 is 0 Å². The maximum atomic E-state index is 11.1. The van der Waals surface area contributed by atoms with Crippen molar-refractivity contribution < 1.29 is 4.79 Å². The maximum absolute atomic E-state index is 11.1. The normalized spacial score (nSPS) is 19.0. The Morgan fingerprint density at radius 2 is 2.41 bits per heavy atom. The zero-order valence-corrected chi connectivity index (χ0v) is 13.2. The van der Waals surface area contributed by atoms with E-state index in [1.165, 1.54) is 0 Å². The molecule has 1 unspecified atom stereocenters. The van der Waals surface area contributed by atoms with Crippen molar-refractivity contribution in [2.45, 2.75) is 25.7 Å². The summed E-state index contributed by atoms with van der Waals surface area (Å²) in [5, 5.41) is 3.38. The largest absolute Gasteiger partial charge is 0.370 e. The van der Waals surface area contributed by atoms with E-state index in [-0.39, 0.29) is 5.91 Å². The molecular weight excluding hydrogens is 278 g/mol. The number of nitrogens with two attached hydrogens (primary N) is 1. The van der Waals surface area contributed by atoms with E-state index in [1.807, 2.05) is 24.4 Å². The quantitative estimate of drug-likeness (QED) is 0.622. The van der Waals surface area contributed by atoms with Gasteiger partial charge in [0.15, 0.2) is 5.96 Å². The van der Waals surface area contributed by atoms with Crippen molar-refractivity contribution in [3.63, 3.8) is 0 Å². The van der Waals surface area contributed by atoms with E-state index in [0.717, 1.165) is 50.6 Å². The number of hydrogen-bond donors (Lipinski definition) is 2. The van der Waals surface area contributed by atoms with Crippen molar-refractivity contribution >= 4 is 11.9 Å². The molecule has 2 heterocycles. The lowest BCUT2D eigenvalue weighted by atomic mass is 9.95. The molecule has 1 fully saturated rings. The Labute approximate surface area is 131 Å². The van der Waals surface area contributed by atoms with Crippen LogP contribution >= 0.6 is 0 Å². The lowest BCUT2D eigenvalue weighted by Gasteiger charge is -2.34. The average molecular weight is 303 g/mol. The maximum Gasteiger partial charge on any atom is 0.217 e. The molecule has 2 rings (SSSR count). The summed E-state index contributed by atoms with van der Waals surface area (Å²) >= 11 is 0. The van der Waals surface area contributed by atoms with Crippen molar-refractivity contribution in [3.05, 3.63) is 30.1 Å². The topological polar surface area (TPSA) is 83.6 Å². The molecule has 1 amide bonds. The summed E-state index contributed by atoms with van der Waals surface area (Å²) in [4.78, 5) is 22.0. The summed E-state index contributed by atoms with van der Waals surface area (Å²) < 4.78 is 0. The first-order chi connectivity index (χ1) is 10.7. The first-order valence-electron chi connectivity index (χ1n) is 7.83. The van der Waals surface area contributed by atoms with Crippen LogP contribution in [0.2, 0.25) is 0 Å². The molecule has 0 spiro atoms. The Balaban J connectivity index is 1.82. The Bertz CT molecular complexity index is 503. The van der Waals surface area contributed by atoms with E-state index in [9.17, 15) is 4.79 Å². The van der Waals surface area contributed by atoms with E-state index in [2.05, 4.69) is 20.2 Å². The van der Waals surface area contributed by atoms with Crippen LogP contribution in [-0.4, -0.2) is 48.4 Å². The Kier molecular flexibility index (Phi) is 6.18. The number of rotatable bonds is 5. The second kappa shape index (κ2) is 8.36. The number of amides is 1. The molecule has 0 saturated carbocycles. The summed E-state index contributed by atoms with van der Waals surface area (Å²) in [5.74, 6) is 1.01. The minimum absolute atomic E-state index is 0.218. The van der Waals surface area contributed by atoms with Crippen LogP contribution < -0.4 is 11.1 Å². The van der Waals surface area contributed by atoms with Crippen LogP contribution in [0, 0.1) is 5.92 Å². The molecular formula is C16H25N5O. The number of carbonyl (C=O) groups is 1. The van der Waals surface area contributed by atoms with E-state index >= 15 is 0 Å². The number of piperidine rings is 1. The molecule has 0 aliphatic carbocycles. The number of nitrogens with zero attached hydrogens (tertiary/aromatic N) is 3. The molecule has 1 aliphatic rings. The first kappa shape index (κ1) is 16.3. The van der Waals surface area contributed by atoms with Gasteiger partial charge in [-0.1, -0.05) is 6.07 Å². The summed E-state index contributed by atoms with van der Waals surface area (Å²) in [6.45, 7) is 2.60. The fourth-order valence-corrected chi connectivity index (χ4v) is 2.89. The van der Waals surface area contributed by atoms with Gasteiger partial charge in [0.1, 0.15) is 0 Å². The Morgan fingerprint density at radius 1 is 1.55 bits per heavy atom. The zero-order valence-electron chi connectivity index (χ0n) is 13.2. The van der Waals surface area contributed by atoms with Gasteiger partial charge in [-0.2, -0.15) is 0 Å². The minimum Gasteiger partial charge on any atom is -0.370 e. The fourth-order valence-electron chi connectivity index (χ4n) is 2.89. The standard InChI is InChI=1S/C16H25N5O/c1-18-16(20-9-7-14-6-2-3-8-19-14)21-10-4-5-13(12-21)11-15(17)22/h2-3,6,8,13H,4-5,7,9-12H2,1H3,(H2,17,22)(H,18,20). The van der Waals surface area contributed by atoms with Gasteiger partial charge in [0, 0.05) is 51.4 Å². The number of guanidine groups is 1. The number of hydrogen-bond acceptors (Lipinski definition) is 3. The summed E-state index contributed by atoms with van der Waals surface area (Å²) in [5.41, 5.74) is 6.38. The third kappa shape index (κ3) is 5.02. The second-order valence-electron chi connectivity index (χ2n) is 5.67. The number of aliphatic imine (C=N–C) groups is 1. The van der Waals surface area contributed by atoms with E-state index in [0.29, 0.717) is 12.3 Å². The van der Waals surface area contributed by atoms with Crippen LogP contribution in [0.5, 0.6) is 0 Å². The highest BCUT2D eigenvalue weighted by molar-refractivity contribution is 5.80. The van der Waals surface area contributed by atoms with Gasteiger partial charge in [-0.15, -0.1) is 0 Å². The summed E-state index contributed by atoms with van der Waals surface area (Å²) in [6, 6.07) is 5.94. The van der Waals surface area contributed by atoms with Crippen LogP contribution in [0.4, 0.5) is 0 Å². The smallest absolute Gasteiger partial charge is 0.217 e. The molecule has 6 nitrogen and oxygen atoms in total. The third-order valence-electron chi connectivity index (χ3n) is 3.91. The van der Waals surface area contributed by atoms with Gasteiger partial charge in [0.25, 0.3) is 0 Å². The first-order valence-corrected chi connectivity index (χ1v) is 7.83. The van der Waals surface area contributed by atoms with Crippen LogP contribution in [-0.2, 0) is 11.2 Å². The van der Waals surface area contributed by atoms with Crippen molar-refractivity contribution in [3.8, 4) is 0 Å². The third-order valence-corrected chi connectivity index (χ3v) is 3.91. The molecule has 0 aromatic carbocycles. The number of pyridine rings is 1. The van der Waals surface area contributed by atoms with E-state index < -0.39 is 0 Å². The van der Waals surface area contributed by atoms with Crippen molar-refractivity contribution in [2.24, 2.45) is 16.6 Å². The van der Waals surface area contributed by atoms with Gasteiger partial charge in [0.2, 0.25) is 5.91 Å². The molecule has 0 radical (unpaired) electrons. The van der Waals surface area contributed by atoms with E-state index in [1.54, 1.807) is 7.05 Å². The Hall–Kier alpha value is -2.11. The molecule has 1 saturated heterocycles. The lowest BCUT2D eigenvalue weighted by Crippen LogP contribution is -2.47. The SMILES string of the molecule is CN=C(NCCc1ccccn1)N1CCCC(CC(N)=O)C1. The molecule has 120 valence electrons. The molecule has 0 bridgehead atoms. The number of likely N-dealkylation sites (tertiary alicyclic amines) is 1. The predicted molar refractivity (Wildman–Crippen MR) is 87.4 cm³/mol. The van der Waals surface area contributed by atoms with E-state index in [4.69, 9.17) is 5.73 Å². The van der Waals surface area contributed by atoms with Gasteiger partial charge in [0.05, 0.1) is 0 Å². The van der Waals surface area contributed by atoms with Gasteiger partial charge in [-0.25, -0.2) is 0 Å². The monoisotopic (exact) mass is 303 g/mol. The van der Waals surface area contributed by atoms with Crippen LogP contribution in [0.15, 0.2) is 29.4 Å². The average Bonchev–Trinajstić information content (AvgIpc) is 2.52. The van der Waals surface area contributed by atoms with Crippen molar-refractivity contribution in [2.75, 3.05) is 26.7 Å². The molecule has 6 heteroatoms. The summed E-state index contributed by atoms with van der Waals surface area (Å²) in [7, 11) is 1.79. The molecule has 1 atom stereocenters. The number of primary amides is 1. The molecule has 3 N–H and O–H groups in total. The second-order valence-corrected chi connectivity index (χ2v) is 5.67. The number of carbonyl (C=O) groups excluding carboxylic acids is 1. The van der Waals surface area contributed by atoms with Gasteiger partial charge in [-0.05, 0) is 30.9 Å². The molecule has 1 aromatic rings. The van der Waals surface area contributed by atoms with Crippen LogP contribution in [0.3, 0.4) is 0 Å². The highest BCUT2D eigenvalue weighted by atomic mass is 16.1. The van der Waals surface area contributed by atoms with Crippen molar-refractivity contribution in [1.82, 2.24) is 15.2 Å². The predicted octanol–water partition coefficient (Wildman–Crippen LogP) is 0.787. The molecule has 1 aromatic heterocycles. The lowest BCUT2D eigenvalue weighted by molar-refractivity contribution is -0.119.